The van der Waals surface area contributed by atoms with Crippen LogP contribution in [0.1, 0.15) is 25.0 Å². The predicted octanol–water partition coefficient (Wildman–Crippen LogP) is 19.4. The van der Waals surface area contributed by atoms with Gasteiger partial charge in [-0.3, -0.25) is 0 Å². The van der Waals surface area contributed by atoms with Crippen molar-refractivity contribution in [3.8, 4) is 108 Å². The molecule has 0 saturated carbocycles. The first-order valence-electron chi connectivity index (χ1n) is 30.0. The highest BCUT2D eigenvalue weighted by atomic mass is 16.3. The second-order valence-electron chi connectivity index (χ2n) is 23.5. The van der Waals surface area contributed by atoms with E-state index in [0.29, 0.717) is 46.2 Å². The Kier molecular flexibility index (Phi) is 11.4. The number of fused-ring (bicyclic) bond motifs is 12. The van der Waals surface area contributed by atoms with Gasteiger partial charge in [-0.15, -0.1) is 0 Å². The number of para-hydroxylation sites is 1. The molecule has 1 aliphatic rings. The van der Waals surface area contributed by atoms with Gasteiger partial charge in [-0.25, -0.2) is 39.9 Å². The molecule has 1 aliphatic carbocycles. The quantitative estimate of drug-likeness (QED) is 0.137. The molecule has 90 heavy (non-hydrogen) atoms. The van der Waals surface area contributed by atoms with Crippen LogP contribution < -0.4 is 0 Å². The minimum absolute atomic E-state index is 0.324. The Labute approximate surface area is 515 Å². The van der Waals surface area contributed by atoms with E-state index in [1.807, 2.05) is 140 Å². The van der Waals surface area contributed by atoms with Gasteiger partial charge in [0.2, 0.25) is 0 Å². The molecule has 11 nitrogen and oxygen atoms in total. The van der Waals surface area contributed by atoms with Gasteiger partial charge in [0.05, 0.1) is 11.0 Å². The highest BCUT2D eigenvalue weighted by molar-refractivity contribution is 6.13. The van der Waals surface area contributed by atoms with E-state index in [1.54, 1.807) is 6.33 Å². The molecule has 0 saturated heterocycles. The molecular weight excluding hydrogens is 1110 g/mol. The number of hydrogen-bond donors (Lipinski definition) is 0. The number of benzene rings is 11. The average molecular weight is 1160 g/mol. The predicted molar refractivity (Wildman–Crippen MR) is 359 cm³/mol. The first-order valence-corrected chi connectivity index (χ1v) is 30.0. The molecule has 17 aromatic rings. The molecular formula is C79H49N9O2. The van der Waals surface area contributed by atoms with Crippen molar-refractivity contribution < 1.29 is 8.83 Å². The molecule has 6 heterocycles. The first kappa shape index (κ1) is 51.2. The van der Waals surface area contributed by atoms with E-state index in [2.05, 4.69) is 134 Å². The lowest BCUT2D eigenvalue weighted by molar-refractivity contribution is 0.661. The van der Waals surface area contributed by atoms with Crippen molar-refractivity contribution in [1.29, 1.82) is 0 Å². The second-order valence-corrected chi connectivity index (χ2v) is 23.5. The van der Waals surface area contributed by atoms with Gasteiger partial charge in [0.15, 0.2) is 40.5 Å². The third-order valence-electron chi connectivity index (χ3n) is 17.8. The fraction of sp³-hybridized carbons (Fsp3) is 0.0380. The van der Waals surface area contributed by atoms with E-state index < -0.39 is 0 Å². The van der Waals surface area contributed by atoms with Gasteiger partial charge < -0.3 is 13.4 Å². The van der Waals surface area contributed by atoms with Crippen molar-refractivity contribution in [2.75, 3.05) is 0 Å². The van der Waals surface area contributed by atoms with Crippen molar-refractivity contribution in [2.24, 2.45) is 0 Å². The number of nitrogens with zero attached hydrogens (tertiary/aromatic N) is 9. The Balaban J connectivity index is 0.677. The lowest BCUT2D eigenvalue weighted by atomic mass is 9.81. The summed E-state index contributed by atoms with van der Waals surface area (Å²) in [5.41, 5.74) is 20.7. The zero-order chi connectivity index (χ0) is 59.6. The summed E-state index contributed by atoms with van der Waals surface area (Å²) in [6.45, 7) is 4.70. The molecule has 0 bridgehead atoms. The van der Waals surface area contributed by atoms with Crippen molar-refractivity contribution in [1.82, 2.24) is 44.4 Å². The van der Waals surface area contributed by atoms with Crippen LogP contribution in [0, 0.1) is 0 Å². The normalized spacial score (nSPS) is 12.6. The van der Waals surface area contributed by atoms with Gasteiger partial charge in [0.25, 0.3) is 0 Å². The van der Waals surface area contributed by atoms with Gasteiger partial charge in [-0.1, -0.05) is 196 Å². The topological polar surface area (TPSA) is 134 Å². The molecule has 18 rings (SSSR count). The Hall–Kier alpha value is -12.1. The summed E-state index contributed by atoms with van der Waals surface area (Å²) in [7, 11) is 0. The molecule has 0 aliphatic heterocycles. The second kappa shape index (κ2) is 20.0. The minimum atomic E-state index is -0.324. The van der Waals surface area contributed by atoms with E-state index in [1.165, 1.54) is 33.0 Å². The fourth-order valence-electron chi connectivity index (χ4n) is 13.3. The van der Waals surface area contributed by atoms with Crippen LogP contribution in [-0.2, 0) is 5.41 Å². The smallest absolute Gasteiger partial charge is 0.180 e. The number of hydrogen-bond acceptors (Lipinski definition) is 10. The van der Waals surface area contributed by atoms with Gasteiger partial charge in [-0.2, -0.15) is 0 Å². The van der Waals surface area contributed by atoms with Crippen LogP contribution in [0.4, 0.5) is 0 Å². The van der Waals surface area contributed by atoms with Crippen LogP contribution in [0.3, 0.4) is 0 Å². The maximum absolute atomic E-state index is 6.69. The SMILES string of the molecule is CC1(C)c2cc(-c3ccc4oc5c(-c6ccc7c(c6)oc6cc(-c8nc(-c9ccccc9)nc(-c9ccccc9)n8)ccc67)ncnc5c4c3)ccc2-c2cc3c4ccccc4n(-c4cccc(-c5nc(-c6ccccc6)nc(-c6ccccc6)n5)c4)c3cc21. The van der Waals surface area contributed by atoms with Gasteiger partial charge >= 0.3 is 0 Å². The first-order chi connectivity index (χ1) is 44.3. The molecule has 11 heteroatoms. The molecule has 0 amide bonds. The van der Waals surface area contributed by atoms with Gasteiger partial charge in [0, 0.05) is 77.0 Å². The fourth-order valence-corrected chi connectivity index (χ4v) is 13.3. The summed E-state index contributed by atoms with van der Waals surface area (Å²) in [4.78, 5) is 39.6. The molecule has 11 aromatic carbocycles. The van der Waals surface area contributed by atoms with Gasteiger partial charge in [0.1, 0.15) is 34.3 Å². The third-order valence-corrected chi connectivity index (χ3v) is 17.8. The summed E-state index contributed by atoms with van der Waals surface area (Å²) < 4.78 is 15.7. The van der Waals surface area contributed by atoms with E-state index in [0.717, 1.165) is 105 Å². The van der Waals surface area contributed by atoms with Gasteiger partial charge in [-0.05, 0) is 106 Å². The summed E-state index contributed by atoms with van der Waals surface area (Å²) in [6, 6.07) is 88.0. The van der Waals surface area contributed by atoms with Crippen LogP contribution in [-0.4, -0.2) is 44.4 Å². The lowest BCUT2D eigenvalue weighted by Gasteiger charge is -2.22. The van der Waals surface area contributed by atoms with Crippen LogP contribution in [0.5, 0.6) is 0 Å². The molecule has 0 unspecified atom stereocenters. The summed E-state index contributed by atoms with van der Waals surface area (Å²) in [5, 5.41) is 5.26. The molecule has 6 aromatic heterocycles. The number of aromatic nitrogens is 9. The van der Waals surface area contributed by atoms with Crippen LogP contribution in [0.15, 0.2) is 270 Å². The Morgan fingerprint density at radius 2 is 0.811 bits per heavy atom. The zero-order valence-corrected chi connectivity index (χ0v) is 48.7. The van der Waals surface area contributed by atoms with E-state index in [4.69, 9.17) is 48.7 Å². The van der Waals surface area contributed by atoms with E-state index >= 15 is 0 Å². The van der Waals surface area contributed by atoms with Crippen LogP contribution in [0.25, 0.3) is 173 Å². The zero-order valence-electron chi connectivity index (χ0n) is 48.7. The third kappa shape index (κ3) is 8.28. The van der Waals surface area contributed by atoms with E-state index in [-0.39, 0.29) is 5.41 Å². The minimum Gasteiger partial charge on any atom is -0.456 e. The maximum atomic E-state index is 6.69. The Morgan fingerprint density at radius 3 is 1.43 bits per heavy atom. The number of furan rings is 2. The summed E-state index contributed by atoms with van der Waals surface area (Å²) in [6.07, 6.45) is 1.62. The Morgan fingerprint density at radius 1 is 0.311 bits per heavy atom. The summed E-state index contributed by atoms with van der Waals surface area (Å²) in [5.74, 6) is 3.63. The lowest BCUT2D eigenvalue weighted by Crippen LogP contribution is -2.15. The van der Waals surface area contributed by atoms with Crippen molar-refractivity contribution in [3.05, 3.63) is 272 Å². The largest absolute Gasteiger partial charge is 0.456 e. The standard InChI is InChI=1S/C79H49N9O2/c1-79(2)63-40-51(30-34-56(63)60-43-61-57-28-15-16-29-65(57)88(66(61)44-64(60)79)55-27-17-26-53(38-55)77-84-73(46-18-7-3-8-19-46)82-74(85-77)47-20-9-4-10-21-47)50-33-37-67-62(39-50)71-72(90-67)70(80-45-81-71)52-31-35-58-59-36-32-54(42-69(59)89-68(58)41-52)78-86-75(48-22-11-5-12-23-48)83-76(87-78)49-24-13-6-14-25-49/h3-45H,1-2H3. The Bertz CT molecular complexity index is 5640. The molecule has 0 fully saturated rings. The molecule has 422 valence electrons. The summed E-state index contributed by atoms with van der Waals surface area (Å²) >= 11 is 0. The van der Waals surface area contributed by atoms with Crippen LogP contribution in [0.2, 0.25) is 0 Å². The maximum Gasteiger partial charge on any atom is 0.180 e. The molecule has 0 radical (unpaired) electrons. The van der Waals surface area contributed by atoms with Crippen molar-refractivity contribution in [2.45, 2.75) is 19.3 Å². The van der Waals surface area contributed by atoms with Crippen LogP contribution >= 0.6 is 0 Å². The van der Waals surface area contributed by atoms with Crippen molar-refractivity contribution in [3.63, 3.8) is 0 Å². The highest BCUT2D eigenvalue weighted by Gasteiger charge is 2.37. The number of rotatable bonds is 9. The molecule has 0 atom stereocenters. The highest BCUT2D eigenvalue weighted by Crippen LogP contribution is 2.52. The molecule has 0 N–H and O–H groups in total. The van der Waals surface area contributed by atoms with E-state index in [9.17, 15) is 0 Å². The monoisotopic (exact) mass is 1160 g/mol. The average Bonchev–Trinajstić information content (AvgIpc) is 1.57. The van der Waals surface area contributed by atoms with Crippen molar-refractivity contribution >= 4 is 65.8 Å². The molecule has 0 spiro atoms.